The fraction of sp³-hybridized carbons (Fsp3) is 0.643. The Morgan fingerprint density at radius 3 is 2.29 bits per heavy atom. The molecule has 120 valence electrons. The summed E-state index contributed by atoms with van der Waals surface area (Å²) in [7, 11) is 0. The molecule has 0 aromatic rings. The van der Waals surface area contributed by atoms with Crippen molar-refractivity contribution in [2.24, 2.45) is 0 Å². The second-order valence-corrected chi connectivity index (χ2v) is 4.98. The van der Waals surface area contributed by atoms with E-state index in [1.165, 1.54) is 15.9 Å². The summed E-state index contributed by atoms with van der Waals surface area (Å²) < 4.78 is 0. The van der Waals surface area contributed by atoms with Gasteiger partial charge in [0.25, 0.3) is 0 Å². The van der Waals surface area contributed by atoms with Gasteiger partial charge in [-0.3, -0.25) is 19.3 Å². The summed E-state index contributed by atoms with van der Waals surface area (Å²) in [6, 6.07) is 0.00980. The van der Waals surface area contributed by atoms with Crippen LogP contribution in [0.3, 0.4) is 0 Å². The molecule has 0 aliphatic carbocycles. The van der Waals surface area contributed by atoms with Crippen LogP contribution in [-0.4, -0.2) is 71.5 Å². The van der Waals surface area contributed by atoms with E-state index in [9.17, 15) is 14.4 Å². The van der Waals surface area contributed by atoms with Gasteiger partial charge in [0.1, 0.15) is 0 Å². The maximum absolute atomic E-state index is 12.1. The van der Waals surface area contributed by atoms with Crippen LogP contribution in [0, 0.1) is 0 Å². The van der Waals surface area contributed by atoms with Crippen molar-refractivity contribution >= 4 is 17.8 Å². The number of carbonyl (C=O) groups excluding carboxylic acids is 2. The Balaban J connectivity index is 4.57. The molecule has 21 heavy (non-hydrogen) atoms. The van der Waals surface area contributed by atoms with Gasteiger partial charge in [-0.05, 0) is 20.8 Å². The van der Waals surface area contributed by atoms with Gasteiger partial charge in [0.05, 0.1) is 19.6 Å². The summed E-state index contributed by atoms with van der Waals surface area (Å²) in [5.41, 5.74) is 0. The number of rotatable bonds is 10. The van der Waals surface area contributed by atoms with Crippen molar-refractivity contribution in [1.82, 2.24) is 15.1 Å². The smallest absolute Gasteiger partial charge is 0.317 e. The molecular weight excluding hydrogens is 274 g/mol. The van der Waals surface area contributed by atoms with Gasteiger partial charge >= 0.3 is 5.97 Å². The van der Waals surface area contributed by atoms with Crippen LogP contribution < -0.4 is 5.32 Å². The van der Waals surface area contributed by atoms with E-state index < -0.39 is 5.97 Å². The maximum atomic E-state index is 12.1. The zero-order valence-electron chi connectivity index (χ0n) is 13.0. The van der Waals surface area contributed by atoms with Crippen molar-refractivity contribution in [3.8, 4) is 0 Å². The van der Waals surface area contributed by atoms with Crippen LogP contribution in [0.1, 0.15) is 20.8 Å². The highest BCUT2D eigenvalue weighted by Crippen LogP contribution is 1.96. The highest BCUT2D eigenvalue weighted by molar-refractivity contribution is 5.86. The summed E-state index contributed by atoms with van der Waals surface area (Å²) >= 11 is 0. The van der Waals surface area contributed by atoms with Gasteiger partial charge in [-0.25, -0.2) is 0 Å². The summed E-state index contributed by atoms with van der Waals surface area (Å²) in [6.45, 7) is 9.36. The van der Waals surface area contributed by atoms with Gasteiger partial charge in [-0.15, -0.1) is 6.58 Å². The SMILES string of the molecule is C=CCN(CC(=O)O)CC(=O)N(CC)CC(=O)NC(C)C. The predicted octanol–water partition coefficient (Wildman–Crippen LogP) is -0.0679. The Kier molecular flexibility index (Phi) is 9.03. The normalized spacial score (nSPS) is 10.5. The van der Waals surface area contributed by atoms with Crippen LogP contribution >= 0.6 is 0 Å². The number of hydrogen-bond donors (Lipinski definition) is 2. The highest BCUT2D eigenvalue weighted by Gasteiger charge is 2.19. The molecule has 0 aliphatic heterocycles. The van der Waals surface area contributed by atoms with E-state index in [-0.39, 0.29) is 37.5 Å². The number of nitrogens with zero attached hydrogens (tertiary/aromatic N) is 2. The zero-order valence-corrected chi connectivity index (χ0v) is 13.0. The van der Waals surface area contributed by atoms with Crippen molar-refractivity contribution in [3.05, 3.63) is 12.7 Å². The number of hydrogen-bond acceptors (Lipinski definition) is 4. The second-order valence-electron chi connectivity index (χ2n) is 4.98. The maximum Gasteiger partial charge on any atom is 0.317 e. The molecule has 0 rings (SSSR count). The Hall–Kier alpha value is -1.89. The third kappa shape index (κ3) is 8.80. The summed E-state index contributed by atoms with van der Waals surface area (Å²) in [6.07, 6.45) is 1.54. The van der Waals surface area contributed by atoms with Gasteiger partial charge in [0, 0.05) is 19.1 Å². The monoisotopic (exact) mass is 299 g/mol. The molecule has 2 amide bonds. The quantitative estimate of drug-likeness (QED) is 0.551. The molecule has 0 aliphatic rings. The first kappa shape index (κ1) is 19.1. The molecule has 2 N–H and O–H groups in total. The molecule has 0 saturated carbocycles. The minimum absolute atomic E-state index is 0.00980. The van der Waals surface area contributed by atoms with E-state index in [0.717, 1.165) is 0 Å². The van der Waals surface area contributed by atoms with Crippen LogP contribution in [0.5, 0.6) is 0 Å². The minimum atomic E-state index is -1.01. The lowest BCUT2D eigenvalue weighted by molar-refractivity contribution is -0.140. The van der Waals surface area contributed by atoms with Crippen LogP contribution in [0.25, 0.3) is 0 Å². The van der Waals surface area contributed by atoms with Crippen LogP contribution in [0.15, 0.2) is 12.7 Å². The van der Waals surface area contributed by atoms with E-state index in [1.807, 2.05) is 13.8 Å². The first-order valence-corrected chi connectivity index (χ1v) is 6.92. The Labute approximate surface area is 125 Å². The van der Waals surface area contributed by atoms with Crippen molar-refractivity contribution in [2.45, 2.75) is 26.8 Å². The Morgan fingerprint density at radius 1 is 1.24 bits per heavy atom. The van der Waals surface area contributed by atoms with E-state index in [1.54, 1.807) is 6.92 Å². The summed E-state index contributed by atoms with van der Waals surface area (Å²) in [5.74, 6) is -1.52. The molecule has 0 saturated heterocycles. The average molecular weight is 299 g/mol. The topological polar surface area (TPSA) is 90.0 Å². The average Bonchev–Trinajstić information content (AvgIpc) is 2.34. The number of likely N-dealkylation sites (N-methyl/N-ethyl adjacent to an activating group) is 1. The zero-order chi connectivity index (χ0) is 16.4. The molecular formula is C14H25N3O4. The van der Waals surface area contributed by atoms with Gasteiger partial charge in [0.15, 0.2) is 0 Å². The Morgan fingerprint density at radius 2 is 1.86 bits per heavy atom. The van der Waals surface area contributed by atoms with Crippen molar-refractivity contribution in [2.75, 3.05) is 32.7 Å². The van der Waals surface area contributed by atoms with Crippen LogP contribution in [0.4, 0.5) is 0 Å². The van der Waals surface area contributed by atoms with Gasteiger partial charge < -0.3 is 15.3 Å². The predicted molar refractivity (Wildman–Crippen MR) is 79.8 cm³/mol. The fourth-order valence-corrected chi connectivity index (χ4v) is 1.77. The molecule has 0 aromatic heterocycles. The largest absolute Gasteiger partial charge is 0.480 e. The molecule has 0 atom stereocenters. The highest BCUT2D eigenvalue weighted by atomic mass is 16.4. The third-order valence-corrected chi connectivity index (χ3v) is 2.62. The number of carboxylic acids is 1. The molecule has 0 heterocycles. The van der Waals surface area contributed by atoms with Crippen molar-refractivity contribution < 1.29 is 19.5 Å². The molecule has 0 bridgehead atoms. The lowest BCUT2D eigenvalue weighted by atomic mass is 10.3. The molecule has 7 nitrogen and oxygen atoms in total. The Bertz CT molecular complexity index is 382. The van der Waals surface area contributed by atoms with Crippen molar-refractivity contribution in [1.29, 1.82) is 0 Å². The summed E-state index contributed by atoms with van der Waals surface area (Å²) in [5, 5.41) is 11.5. The number of aliphatic carboxylic acids is 1. The molecule has 7 heteroatoms. The molecule has 0 radical (unpaired) electrons. The van der Waals surface area contributed by atoms with E-state index in [4.69, 9.17) is 5.11 Å². The number of carbonyl (C=O) groups is 3. The number of carboxylic acid groups (broad SMARTS) is 1. The molecule has 0 fully saturated rings. The van der Waals surface area contributed by atoms with Crippen molar-refractivity contribution in [3.63, 3.8) is 0 Å². The molecule has 0 aromatic carbocycles. The van der Waals surface area contributed by atoms with Gasteiger partial charge in [-0.1, -0.05) is 6.08 Å². The standard InChI is InChI=1S/C14H25N3O4/c1-5-7-16(10-14(20)21)9-13(19)17(6-2)8-12(18)15-11(3)4/h5,11H,1,6-10H2,2-4H3,(H,15,18)(H,20,21). The number of nitrogens with one attached hydrogen (secondary N) is 1. The lowest BCUT2D eigenvalue weighted by Crippen LogP contribution is -2.47. The minimum Gasteiger partial charge on any atom is -0.480 e. The van der Waals surface area contributed by atoms with Crippen LogP contribution in [0.2, 0.25) is 0 Å². The lowest BCUT2D eigenvalue weighted by Gasteiger charge is -2.25. The van der Waals surface area contributed by atoms with E-state index in [0.29, 0.717) is 13.1 Å². The molecule has 0 spiro atoms. The molecule has 0 unspecified atom stereocenters. The summed E-state index contributed by atoms with van der Waals surface area (Å²) in [4.78, 5) is 37.4. The number of amides is 2. The first-order chi connectivity index (χ1) is 9.79. The van der Waals surface area contributed by atoms with Crippen LogP contribution in [-0.2, 0) is 14.4 Å². The first-order valence-electron chi connectivity index (χ1n) is 6.92. The van der Waals surface area contributed by atoms with Gasteiger partial charge in [-0.2, -0.15) is 0 Å². The second kappa shape index (κ2) is 9.93. The van der Waals surface area contributed by atoms with Gasteiger partial charge in [0.2, 0.25) is 11.8 Å². The fourth-order valence-electron chi connectivity index (χ4n) is 1.77. The van der Waals surface area contributed by atoms with E-state index >= 15 is 0 Å². The van der Waals surface area contributed by atoms with E-state index in [2.05, 4.69) is 11.9 Å². The third-order valence-electron chi connectivity index (χ3n) is 2.62.